The van der Waals surface area contributed by atoms with Crippen LogP contribution in [0, 0.1) is 6.92 Å². The van der Waals surface area contributed by atoms with Gasteiger partial charge in [0.25, 0.3) is 0 Å². The molecule has 0 radical (unpaired) electrons. The van der Waals surface area contributed by atoms with Crippen molar-refractivity contribution >= 4 is 34.0 Å². The Morgan fingerprint density at radius 1 is 1.30 bits per heavy atom. The predicted octanol–water partition coefficient (Wildman–Crippen LogP) is 2.87. The van der Waals surface area contributed by atoms with E-state index in [4.69, 9.17) is 17.3 Å². The zero-order chi connectivity index (χ0) is 14.7. The second kappa shape index (κ2) is 7.61. The van der Waals surface area contributed by atoms with E-state index in [-0.39, 0.29) is 23.8 Å². The third kappa shape index (κ3) is 4.90. The number of halogens is 2. The predicted molar refractivity (Wildman–Crippen MR) is 86.1 cm³/mol. The molecule has 1 rings (SSSR count). The van der Waals surface area contributed by atoms with E-state index < -0.39 is 15.6 Å². The van der Waals surface area contributed by atoms with Crippen LogP contribution in [-0.4, -0.2) is 20.5 Å². The molecule has 0 aliphatic carbocycles. The number of rotatable bonds is 6. The third-order valence-electron chi connectivity index (χ3n) is 3.46. The summed E-state index contributed by atoms with van der Waals surface area (Å²) < 4.78 is 27.1. The molecule has 0 heterocycles. The first-order chi connectivity index (χ1) is 8.74. The Hall–Kier alpha value is -0.330. The molecule has 116 valence electrons. The zero-order valence-corrected chi connectivity index (χ0v) is 14.3. The van der Waals surface area contributed by atoms with Gasteiger partial charge in [0.1, 0.15) is 0 Å². The van der Waals surface area contributed by atoms with Gasteiger partial charge in [0, 0.05) is 17.1 Å². The number of hydrogen-bond acceptors (Lipinski definition) is 3. The molecular formula is C13H22Cl2N2O2S. The molecule has 0 amide bonds. The molecule has 0 aliphatic heterocycles. The van der Waals surface area contributed by atoms with Crippen LogP contribution in [-0.2, 0) is 10.0 Å². The SMILES string of the molecule is CCC(N)(CC)CNS(=O)(=O)c1cc(Cl)ccc1C.Cl. The summed E-state index contributed by atoms with van der Waals surface area (Å²) in [6.07, 6.45) is 1.42. The first-order valence-corrected chi connectivity index (χ1v) is 8.15. The van der Waals surface area contributed by atoms with E-state index in [1.54, 1.807) is 19.1 Å². The summed E-state index contributed by atoms with van der Waals surface area (Å²) in [5.74, 6) is 0. The van der Waals surface area contributed by atoms with Gasteiger partial charge in [0.2, 0.25) is 10.0 Å². The Balaban J connectivity index is 0.00000361. The average molecular weight is 341 g/mol. The van der Waals surface area contributed by atoms with Crippen LogP contribution in [0.3, 0.4) is 0 Å². The van der Waals surface area contributed by atoms with Gasteiger partial charge in [-0.25, -0.2) is 13.1 Å². The molecule has 20 heavy (non-hydrogen) atoms. The third-order valence-corrected chi connectivity index (χ3v) is 5.24. The number of benzene rings is 1. The van der Waals surface area contributed by atoms with E-state index in [1.165, 1.54) is 6.07 Å². The van der Waals surface area contributed by atoms with Crippen LogP contribution >= 0.6 is 24.0 Å². The maximum Gasteiger partial charge on any atom is 0.240 e. The molecule has 1 aromatic carbocycles. The van der Waals surface area contributed by atoms with E-state index in [2.05, 4.69) is 4.72 Å². The van der Waals surface area contributed by atoms with Gasteiger partial charge in [0.05, 0.1) is 4.90 Å². The Bertz CT molecular complexity index is 543. The van der Waals surface area contributed by atoms with Gasteiger partial charge in [-0.15, -0.1) is 12.4 Å². The first kappa shape index (κ1) is 19.7. The summed E-state index contributed by atoms with van der Waals surface area (Å²) in [5, 5.41) is 0.399. The lowest BCUT2D eigenvalue weighted by molar-refractivity contribution is 0.391. The monoisotopic (exact) mass is 340 g/mol. The number of nitrogens with two attached hydrogens (primary N) is 1. The van der Waals surface area contributed by atoms with Crippen LogP contribution in [0.4, 0.5) is 0 Å². The molecule has 1 aromatic rings. The van der Waals surface area contributed by atoms with Crippen molar-refractivity contribution in [1.29, 1.82) is 0 Å². The second-order valence-corrected chi connectivity index (χ2v) is 6.98. The van der Waals surface area contributed by atoms with E-state index in [0.717, 1.165) is 0 Å². The Morgan fingerprint density at radius 2 is 1.85 bits per heavy atom. The molecule has 0 aliphatic rings. The van der Waals surface area contributed by atoms with E-state index in [9.17, 15) is 8.42 Å². The molecule has 0 aromatic heterocycles. The molecule has 0 saturated heterocycles. The molecule has 0 saturated carbocycles. The van der Waals surface area contributed by atoms with Crippen molar-refractivity contribution in [2.24, 2.45) is 5.73 Å². The van der Waals surface area contributed by atoms with Gasteiger partial charge in [-0.3, -0.25) is 0 Å². The summed E-state index contributed by atoms with van der Waals surface area (Å²) in [7, 11) is -3.58. The fourth-order valence-corrected chi connectivity index (χ4v) is 3.32. The maximum atomic E-state index is 12.3. The van der Waals surface area contributed by atoms with Crippen molar-refractivity contribution in [2.45, 2.75) is 44.0 Å². The van der Waals surface area contributed by atoms with Crippen molar-refractivity contribution in [1.82, 2.24) is 4.72 Å². The van der Waals surface area contributed by atoms with Gasteiger partial charge in [-0.1, -0.05) is 31.5 Å². The van der Waals surface area contributed by atoms with E-state index in [1.807, 2.05) is 13.8 Å². The number of sulfonamides is 1. The minimum Gasteiger partial charge on any atom is -0.324 e. The summed E-state index contributed by atoms with van der Waals surface area (Å²) in [5.41, 5.74) is 6.24. The summed E-state index contributed by atoms with van der Waals surface area (Å²) >= 11 is 5.85. The van der Waals surface area contributed by atoms with Gasteiger partial charge in [-0.2, -0.15) is 0 Å². The molecule has 4 nitrogen and oxygen atoms in total. The smallest absolute Gasteiger partial charge is 0.240 e. The highest BCUT2D eigenvalue weighted by Gasteiger charge is 2.24. The Kier molecular flexibility index (Phi) is 7.49. The fraction of sp³-hybridized carbons (Fsp3) is 0.538. The molecule has 0 unspecified atom stereocenters. The molecule has 0 spiro atoms. The van der Waals surface area contributed by atoms with E-state index in [0.29, 0.717) is 23.4 Å². The minimum absolute atomic E-state index is 0. The van der Waals surface area contributed by atoms with Crippen LogP contribution in [0.1, 0.15) is 32.3 Å². The van der Waals surface area contributed by atoms with Crippen molar-refractivity contribution < 1.29 is 8.42 Å². The lowest BCUT2D eigenvalue weighted by Crippen LogP contribution is -2.49. The molecule has 0 fully saturated rings. The summed E-state index contributed by atoms with van der Waals surface area (Å²) in [4.78, 5) is 0.203. The lowest BCUT2D eigenvalue weighted by Gasteiger charge is -2.26. The topological polar surface area (TPSA) is 72.2 Å². The Morgan fingerprint density at radius 3 is 2.35 bits per heavy atom. The quantitative estimate of drug-likeness (QED) is 0.836. The minimum atomic E-state index is -3.58. The van der Waals surface area contributed by atoms with Crippen molar-refractivity contribution in [2.75, 3.05) is 6.54 Å². The summed E-state index contributed by atoms with van der Waals surface area (Å²) in [6, 6.07) is 4.81. The highest BCUT2D eigenvalue weighted by molar-refractivity contribution is 7.89. The largest absolute Gasteiger partial charge is 0.324 e. The maximum absolute atomic E-state index is 12.3. The van der Waals surface area contributed by atoms with Crippen molar-refractivity contribution in [3.8, 4) is 0 Å². The zero-order valence-electron chi connectivity index (χ0n) is 11.9. The van der Waals surface area contributed by atoms with Crippen LogP contribution in [0.25, 0.3) is 0 Å². The fourth-order valence-electron chi connectivity index (χ4n) is 1.68. The molecule has 0 atom stereocenters. The molecular weight excluding hydrogens is 319 g/mol. The highest BCUT2D eigenvalue weighted by atomic mass is 35.5. The van der Waals surface area contributed by atoms with Crippen LogP contribution in [0.5, 0.6) is 0 Å². The molecule has 7 heteroatoms. The van der Waals surface area contributed by atoms with Crippen LogP contribution < -0.4 is 10.5 Å². The van der Waals surface area contributed by atoms with Gasteiger partial charge < -0.3 is 5.73 Å². The standard InChI is InChI=1S/C13H21ClN2O2S.ClH/c1-4-13(15,5-2)9-16-19(17,18)12-8-11(14)7-6-10(12)3;/h6-8,16H,4-5,9,15H2,1-3H3;1H. The van der Waals surface area contributed by atoms with Crippen LogP contribution in [0.15, 0.2) is 23.1 Å². The number of hydrogen-bond donors (Lipinski definition) is 2. The molecule has 3 N–H and O–H groups in total. The molecule has 0 bridgehead atoms. The number of nitrogens with one attached hydrogen (secondary N) is 1. The van der Waals surface area contributed by atoms with Gasteiger partial charge in [0.15, 0.2) is 0 Å². The van der Waals surface area contributed by atoms with E-state index >= 15 is 0 Å². The lowest BCUT2D eigenvalue weighted by atomic mass is 9.95. The average Bonchev–Trinajstić information content (AvgIpc) is 2.39. The first-order valence-electron chi connectivity index (χ1n) is 6.29. The van der Waals surface area contributed by atoms with Crippen LogP contribution in [0.2, 0.25) is 5.02 Å². The van der Waals surface area contributed by atoms with Crippen molar-refractivity contribution in [3.05, 3.63) is 28.8 Å². The van der Waals surface area contributed by atoms with Gasteiger partial charge >= 0.3 is 0 Å². The van der Waals surface area contributed by atoms with Crippen molar-refractivity contribution in [3.63, 3.8) is 0 Å². The Labute approximate surface area is 132 Å². The van der Waals surface area contributed by atoms with Gasteiger partial charge in [-0.05, 0) is 37.5 Å². The number of aryl methyl sites for hydroxylation is 1. The second-order valence-electron chi connectivity index (χ2n) is 4.80. The highest BCUT2D eigenvalue weighted by Crippen LogP contribution is 2.20. The normalized spacial score (nSPS) is 12.1. The summed E-state index contributed by atoms with van der Waals surface area (Å²) in [6.45, 7) is 5.85.